The zero-order valence-corrected chi connectivity index (χ0v) is 12.8. The maximum absolute atomic E-state index is 11.9. The molecule has 0 bridgehead atoms. The van der Waals surface area contributed by atoms with Gasteiger partial charge in [0.05, 0.1) is 0 Å². The maximum atomic E-state index is 11.9. The molecule has 1 aromatic carbocycles. The average molecular weight is 366 g/mol. The van der Waals surface area contributed by atoms with E-state index < -0.39 is 0 Å². The molecule has 0 atom stereocenters. The molecule has 19 heavy (non-hydrogen) atoms. The van der Waals surface area contributed by atoms with Crippen molar-refractivity contribution < 1.29 is 4.79 Å². The van der Waals surface area contributed by atoms with Crippen LogP contribution in [-0.4, -0.2) is 17.4 Å². The zero-order valence-electron chi connectivity index (χ0n) is 10.7. The van der Waals surface area contributed by atoms with Gasteiger partial charge in [-0.25, -0.2) is 0 Å². The average Bonchev–Trinajstić information content (AvgIpc) is 2.41. The number of aryl methyl sites for hydroxylation is 1. The third kappa shape index (κ3) is 4.31. The molecular weight excluding hydrogens is 351 g/mol. The molecule has 0 aliphatic carbocycles. The van der Waals surface area contributed by atoms with Crippen LogP contribution in [0.15, 0.2) is 42.6 Å². The first-order valence-corrected chi connectivity index (χ1v) is 7.18. The van der Waals surface area contributed by atoms with Gasteiger partial charge >= 0.3 is 0 Å². The minimum absolute atomic E-state index is 0.0310. The summed E-state index contributed by atoms with van der Waals surface area (Å²) in [5, 5.41) is 2.91. The fourth-order valence-electron chi connectivity index (χ4n) is 1.67. The summed E-state index contributed by atoms with van der Waals surface area (Å²) in [5.74, 6) is -0.0310. The highest BCUT2D eigenvalue weighted by atomic mass is 127. The topological polar surface area (TPSA) is 42.0 Å². The Morgan fingerprint density at radius 2 is 1.95 bits per heavy atom. The van der Waals surface area contributed by atoms with Crippen LogP contribution < -0.4 is 5.32 Å². The molecule has 0 unspecified atom stereocenters. The van der Waals surface area contributed by atoms with Gasteiger partial charge in [0.15, 0.2) is 0 Å². The minimum Gasteiger partial charge on any atom is -0.352 e. The van der Waals surface area contributed by atoms with Crippen LogP contribution in [0.2, 0.25) is 0 Å². The molecular formula is C15H15IN2O. The van der Waals surface area contributed by atoms with Gasteiger partial charge in [0.2, 0.25) is 0 Å². The smallest absolute Gasteiger partial charge is 0.251 e. The molecule has 0 fully saturated rings. The molecule has 1 amide bonds. The van der Waals surface area contributed by atoms with E-state index in [4.69, 9.17) is 0 Å². The van der Waals surface area contributed by atoms with Gasteiger partial charge in [0.1, 0.15) is 0 Å². The van der Waals surface area contributed by atoms with Crippen LogP contribution in [0.4, 0.5) is 0 Å². The lowest BCUT2D eigenvalue weighted by Crippen LogP contribution is -2.25. The Morgan fingerprint density at radius 3 is 2.58 bits per heavy atom. The Hall–Kier alpha value is -1.43. The molecule has 1 heterocycles. The summed E-state index contributed by atoms with van der Waals surface area (Å²) in [7, 11) is 0. The Balaban J connectivity index is 1.84. The fraction of sp³-hybridized carbons (Fsp3) is 0.200. The molecule has 1 aromatic heterocycles. The highest BCUT2D eigenvalue weighted by Gasteiger charge is 2.04. The van der Waals surface area contributed by atoms with Crippen molar-refractivity contribution in [2.75, 3.05) is 6.54 Å². The second kappa shape index (κ2) is 6.65. The second-order valence-electron chi connectivity index (χ2n) is 4.32. The highest BCUT2D eigenvalue weighted by molar-refractivity contribution is 14.1. The third-order valence-corrected chi connectivity index (χ3v) is 3.50. The first-order valence-electron chi connectivity index (χ1n) is 6.10. The van der Waals surface area contributed by atoms with Crippen molar-refractivity contribution in [3.05, 3.63) is 63.0 Å². The van der Waals surface area contributed by atoms with Gasteiger partial charge in [-0.1, -0.05) is 6.07 Å². The predicted octanol–water partition coefficient (Wildman–Crippen LogP) is 2.97. The van der Waals surface area contributed by atoms with Crippen molar-refractivity contribution in [2.24, 2.45) is 0 Å². The summed E-state index contributed by atoms with van der Waals surface area (Å²) >= 11 is 2.22. The van der Waals surface area contributed by atoms with Crippen LogP contribution in [0.1, 0.15) is 21.6 Å². The van der Waals surface area contributed by atoms with Crippen LogP contribution in [0.25, 0.3) is 0 Å². The number of rotatable bonds is 4. The highest BCUT2D eigenvalue weighted by Crippen LogP contribution is 2.06. The molecule has 0 aliphatic heterocycles. The van der Waals surface area contributed by atoms with Gasteiger partial charge < -0.3 is 5.32 Å². The first-order chi connectivity index (χ1) is 9.15. The van der Waals surface area contributed by atoms with E-state index in [0.717, 1.165) is 21.2 Å². The summed E-state index contributed by atoms with van der Waals surface area (Å²) in [4.78, 5) is 16.1. The summed E-state index contributed by atoms with van der Waals surface area (Å²) in [6.07, 6.45) is 2.65. The number of carbonyl (C=O) groups is 1. The van der Waals surface area contributed by atoms with Gasteiger partial charge in [-0.05, 0) is 71.8 Å². The standard InChI is InChI=1S/C15H15IN2O/c1-11-2-3-12(10-18-11)8-9-17-15(19)13-4-6-14(16)7-5-13/h2-7,10H,8-9H2,1H3,(H,17,19). The van der Waals surface area contributed by atoms with Crippen LogP contribution in [0.3, 0.4) is 0 Å². The summed E-state index contributed by atoms with van der Waals surface area (Å²) in [5.41, 5.74) is 2.84. The molecule has 0 radical (unpaired) electrons. The number of carbonyl (C=O) groups excluding carboxylic acids is 1. The lowest BCUT2D eigenvalue weighted by Gasteiger charge is -2.05. The van der Waals surface area contributed by atoms with E-state index in [1.165, 1.54) is 0 Å². The predicted molar refractivity (Wildman–Crippen MR) is 84.2 cm³/mol. The van der Waals surface area contributed by atoms with Crippen LogP contribution >= 0.6 is 22.6 Å². The second-order valence-corrected chi connectivity index (χ2v) is 5.57. The van der Waals surface area contributed by atoms with Crippen molar-refractivity contribution in [3.63, 3.8) is 0 Å². The van der Waals surface area contributed by atoms with E-state index in [0.29, 0.717) is 12.1 Å². The van der Waals surface area contributed by atoms with E-state index in [-0.39, 0.29) is 5.91 Å². The summed E-state index contributed by atoms with van der Waals surface area (Å²) in [6.45, 7) is 2.58. The molecule has 0 aliphatic rings. The van der Waals surface area contributed by atoms with E-state index in [1.807, 2.05) is 49.5 Å². The number of aromatic nitrogens is 1. The number of nitrogens with zero attached hydrogens (tertiary/aromatic N) is 1. The molecule has 2 aromatic rings. The summed E-state index contributed by atoms with van der Waals surface area (Å²) in [6, 6.07) is 11.6. The summed E-state index contributed by atoms with van der Waals surface area (Å²) < 4.78 is 1.12. The SMILES string of the molecule is Cc1ccc(CCNC(=O)c2ccc(I)cc2)cn1. The van der Waals surface area contributed by atoms with Crippen molar-refractivity contribution in [2.45, 2.75) is 13.3 Å². The maximum Gasteiger partial charge on any atom is 0.251 e. The number of halogens is 1. The van der Waals surface area contributed by atoms with Gasteiger partial charge in [0, 0.05) is 27.6 Å². The first kappa shape index (κ1) is 14.0. The molecule has 3 nitrogen and oxygen atoms in total. The third-order valence-electron chi connectivity index (χ3n) is 2.78. The van der Waals surface area contributed by atoms with Crippen molar-refractivity contribution >= 4 is 28.5 Å². The zero-order chi connectivity index (χ0) is 13.7. The number of amides is 1. The van der Waals surface area contributed by atoms with Crippen LogP contribution in [-0.2, 0) is 6.42 Å². The Labute approximate surface area is 126 Å². The lowest BCUT2D eigenvalue weighted by atomic mass is 10.2. The van der Waals surface area contributed by atoms with E-state index in [1.54, 1.807) is 0 Å². The van der Waals surface area contributed by atoms with Gasteiger partial charge in [-0.3, -0.25) is 9.78 Å². The van der Waals surface area contributed by atoms with Crippen LogP contribution in [0.5, 0.6) is 0 Å². The number of pyridine rings is 1. The quantitative estimate of drug-likeness (QED) is 0.846. The molecule has 4 heteroatoms. The lowest BCUT2D eigenvalue weighted by molar-refractivity contribution is 0.0954. The minimum atomic E-state index is -0.0310. The molecule has 0 spiro atoms. The van der Waals surface area contributed by atoms with Gasteiger partial charge in [-0.15, -0.1) is 0 Å². The van der Waals surface area contributed by atoms with Crippen molar-refractivity contribution in [3.8, 4) is 0 Å². The number of benzene rings is 1. The molecule has 1 N–H and O–H groups in total. The molecule has 0 saturated heterocycles. The van der Waals surface area contributed by atoms with E-state index >= 15 is 0 Å². The van der Waals surface area contributed by atoms with Crippen molar-refractivity contribution in [1.82, 2.24) is 10.3 Å². The Morgan fingerprint density at radius 1 is 1.21 bits per heavy atom. The molecule has 98 valence electrons. The Kier molecular flexibility index (Phi) is 4.90. The van der Waals surface area contributed by atoms with Crippen molar-refractivity contribution in [1.29, 1.82) is 0 Å². The van der Waals surface area contributed by atoms with E-state index in [9.17, 15) is 4.79 Å². The normalized spacial score (nSPS) is 10.2. The van der Waals surface area contributed by atoms with Gasteiger partial charge in [-0.2, -0.15) is 0 Å². The Bertz CT molecular complexity index is 549. The van der Waals surface area contributed by atoms with Crippen LogP contribution in [0, 0.1) is 10.5 Å². The molecule has 0 saturated carbocycles. The monoisotopic (exact) mass is 366 g/mol. The number of nitrogens with one attached hydrogen (secondary N) is 1. The fourth-order valence-corrected chi connectivity index (χ4v) is 2.03. The van der Waals surface area contributed by atoms with E-state index in [2.05, 4.69) is 32.9 Å². The van der Waals surface area contributed by atoms with Gasteiger partial charge in [0.25, 0.3) is 5.91 Å². The number of hydrogen-bond acceptors (Lipinski definition) is 2. The largest absolute Gasteiger partial charge is 0.352 e. The number of hydrogen-bond donors (Lipinski definition) is 1. The molecule has 2 rings (SSSR count).